The molecule has 0 saturated heterocycles. The second-order valence-corrected chi connectivity index (χ2v) is 5.16. The van der Waals surface area contributed by atoms with Crippen molar-refractivity contribution in [2.24, 2.45) is 0 Å². The summed E-state index contributed by atoms with van der Waals surface area (Å²) >= 11 is 10.6. The molecule has 2 aromatic carbocycles. The molecule has 6 nitrogen and oxygen atoms in total. The number of thiocarbonyl (C=S) groups is 1. The van der Waals surface area contributed by atoms with Gasteiger partial charge in [0.25, 0.3) is 11.6 Å². The fourth-order valence-electron chi connectivity index (χ4n) is 1.67. The lowest BCUT2D eigenvalue weighted by Crippen LogP contribution is -2.34. The molecule has 0 aliphatic carbocycles. The lowest BCUT2D eigenvalue weighted by atomic mass is 10.2. The molecule has 2 aromatic rings. The van der Waals surface area contributed by atoms with Gasteiger partial charge in [0.05, 0.1) is 9.95 Å². The Bertz CT molecular complexity index is 801. The van der Waals surface area contributed by atoms with Crippen LogP contribution in [0.4, 0.5) is 15.8 Å². The van der Waals surface area contributed by atoms with Gasteiger partial charge in [-0.05, 0) is 36.5 Å². The van der Waals surface area contributed by atoms with E-state index >= 15 is 0 Å². The van der Waals surface area contributed by atoms with Crippen LogP contribution in [0.25, 0.3) is 0 Å². The number of anilines is 1. The Balaban J connectivity index is 2.04. The zero-order chi connectivity index (χ0) is 17.0. The van der Waals surface area contributed by atoms with Crippen molar-refractivity contribution >= 4 is 46.2 Å². The zero-order valence-electron chi connectivity index (χ0n) is 11.4. The average molecular weight is 354 g/mol. The number of nitrogens with one attached hydrogen (secondary N) is 2. The van der Waals surface area contributed by atoms with Gasteiger partial charge in [-0.1, -0.05) is 17.7 Å². The summed E-state index contributed by atoms with van der Waals surface area (Å²) in [6.45, 7) is 0. The molecule has 0 spiro atoms. The number of nitro benzene ring substituents is 1. The zero-order valence-corrected chi connectivity index (χ0v) is 13.0. The smallest absolute Gasteiger partial charge is 0.270 e. The molecule has 0 bridgehead atoms. The van der Waals surface area contributed by atoms with Crippen molar-refractivity contribution in [3.8, 4) is 0 Å². The number of non-ortho nitro benzene ring substituents is 1. The molecule has 2 rings (SSSR count). The third-order valence-corrected chi connectivity index (χ3v) is 3.22. The standard InChI is InChI=1S/C14H9ClFN3O3S/c15-11-7-9(4-5-12(11)16)17-14(23)18-13(20)8-2-1-3-10(6-8)19(21)22/h1-7H,(H2,17,18,20,23). The van der Waals surface area contributed by atoms with Crippen LogP contribution in [0.1, 0.15) is 10.4 Å². The molecule has 0 aliphatic rings. The number of amides is 1. The van der Waals surface area contributed by atoms with Gasteiger partial charge < -0.3 is 5.32 Å². The van der Waals surface area contributed by atoms with E-state index in [4.69, 9.17) is 23.8 Å². The molecule has 0 saturated carbocycles. The first-order valence-corrected chi connectivity index (χ1v) is 6.97. The Morgan fingerprint density at radius 1 is 1.26 bits per heavy atom. The molecule has 23 heavy (non-hydrogen) atoms. The van der Waals surface area contributed by atoms with Crippen LogP contribution in [0, 0.1) is 15.9 Å². The van der Waals surface area contributed by atoms with E-state index in [1.807, 2.05) is 0 Å². The Morgan fingerprint density at radius 2 is 2.00 bits per heavy atom. The number of carbonyl (C=O) groups excluding carboxylic acids is 1. The highest BCUT2D eigenvalue weighted by molar-refractivity contribution is 7.80. The molecule has 0 aliphatic heterocycles. The number of hydrogen-bond acceptors (Lipinski definition) is 4. The van der Waals surface area contributed by atoms with E-state index in [0.29, 0.717) is 5.69 Å². The number of carbonyl (C=O) groups is 1. The highest BCUT2D eigenvalue weighted by Crippen LogP contribution is 2.19. The molecule has 0 fully saturated rings. The summed E-state index contributed by atoms with van der Waals surface area (Å²) < 4.78 is 13.1. The SMILES string of the molecule is O=C(NC(=S)Nc1ccc(F)c(Cl)c1)c1cccc([N+](=O)[O-])c1. The van der Waals surface area contributed by atoms with Gasteiger partial charge in [0.1, 0.15) is 5.82 Å². The number of benzene rings is 2. The largest absolute Gasteiger partial charge is 0.332 e. The molecule has 1 amide bonds. The minimum atomic E-state index is -0.612. The molecule has 0 heterocycles. The lowest BCUT2D eigenvalue weighted by Gasteiger charge is -2.10. The van der Waals surface area contributed by atoms with Crippen molar-refractivity contribution < 1.29 is 14.1 Å². The number of hydrogen-bond donors (Lipinski definition) is 2. The molecule has 2 N–H and O–H groups in total. The fraction of sp³-hybridized carbons (Fsp3) is 0. The van der Waals surface area contributed by atoms with Crippen molar-refractivity contribution in [1.29, 1.82) is 0 Å². The Labute approximate surface area is 140 Å². The van der Waals surface area contributed by atoms with E-state index in [2.05, 4.69) is 10.6 Å². The Morgan fingerprint density at radius 3 is 2.65 bits per heavy atom. The maximum Gasteiger partial charge on any atom is 0.270 e. The first kappa shape index (κ1) is 16.8. The quantitative estimate of drug-likeness (QED) is 0.501. The van der Waals surface area contributed by atoms with E-state index in [1.54, 1.807) is 0 Å². The topological polar surface area (TPSA) is 84.3 Å². The van der Waals surface area contributed by atoms with Gasteiger partial charge in [0.2, 0.25) is 0 Å². The van der Waals surface area contributed by atoms with E-state index in [1.165, 1.54) is 30.3 Å². The number of rotatable bonds is 3. The first-order chi connectivity index (χ1) is 10.9. The van der Waals surface area contributed by atoms with Gasteiger partial charge >= 0.3 is 0 Å². The summed E-state index contributed by atoms with van der Waals surface area (Å²) in [7, 11) is 0. The molecular formula is C14H9ClFN3O3S. The summed E-state index contributed by atoms with van der Waals surface area (Å²) in [6.07, 6.45) is 0. The molecule has 0 unspecified atom stereocenters. The van der Waals surface area contributed by atoms with Gasteiger partial charge in [-0.15, -0.1) is 0 Å². The van der Waals surface area contributed by atoms with Crippen LogP contribution in [0.2, 0.25) is 5.02 Å². The number of halogens is 2. The summed E-state index contributed by atoms with van der Waals surface area (Å²) in [5, 5.41) is 15.6. The van der Waals surface area contributed by atoms with Crippen LogP contribution in [0.15, 0.2) is 42.5 Å². The molecular weight excluding hydrogens is 345 g/mol. The van der Waals surface area contributed by atoms with Gasteiger partial charge in [-0.2, -0.15) is 0 Å². The molecule has 0 atom stereocenters. The average Bonchev–Trinajstić information content (AvgIpc) is 2.51. The van der Waals surface area contributed by atoms with E-state index in [9.17, 15) is 19.3 Å². The molecule has 118 valence electrons. The van der Waals surface area contributed by atoms with Crippen LogP contribution < -0.4 is 10.6 Å². The van der Waals surface area contributed by atoms with Crippen molar-refractivity contribution in [2.45, 2.75) is 0 Å². The first-order valence-electron chi connectivity index (χ1n) is 6.18. The second-order valence-electron chi connectivity index (χ2n) is 4.34. The summed E-state index contributed by atoms with van der Waals surface area (Å²) in [6, 6.07) is 9.06. The maximum absolute atomic E-state index is 13.1. The van der Waals surface area contributed by atoms with Crippen molar-refractivity contribution in [3.05, 3.63) is 69.0 Å². The monoisotopic (exact) mass is 353 g/mol. The summed E-state index contributed by atoms with van der Waals surface area (Å²) in [4.78, 5) is 22.1. The van der Waals surface area contributed by atoms with Crippen LogP contribution in [-0.2, 0) is 0 Å². The molecule has 0 radical (unpaired) electrons. The third kappa shape index (κ3) is 4.44. The molecule has 9 heteroatoms. The normalized spacial score (nSPS) is 10.0. The summed E-state index contributed by atoms with van der Waals surface area (Å²) in [5.41, 5.74) is 0.267. The van der Waals surface area contributed by atoms with E-state index in [0.717, 1.165) is 12.1 Å². The Kier molecular flexibility index (Phi) is 5.20. The fourth-order valence-corrected chi connectivity index (χ4v) is 2.06. The van der Waals surface area contributed by atoms with Crippen molar-refractivity contribution in [2.75, 3.05) is 5.32 Å². The van der Waals surface area contributed by atoms with Gasteiger partial charge in [0, 0.05) is 23.4 Å². The van der Waals surface area contributed by atoms with Gasteiger partial charge in [-0.3, -0.25) is 20.2 Å². The van der Waals surface area contributed by atoms with Crippen molar-refractivity contribution in [3.63, 3.8) is 0 Å². The van der Waals surface area contributed by atoms with E-state index in [-0.39, 0.29) is 21.4 Å². The van der Waals surface area contributed by atoms with Crippen molar-refractivity contribution in [1.82, 2.24) is 5.32 Å². The highest BCUT2D eigenvalue weighted by Gasteiger charge is 2.13. The highest BCUT2D eigenvalue weighted by atomic mass is 35.5. The van der Waals surface area contributed by atoms with E-state index < -0.39 is 16.6 Å². The Hall–Kier alpha value is -2.58. The summed E-state index contributed by atoms with van der Waals surface area (Å²) in [5.74, 6) is -1.19. The van der Waals surface area contributed by atoms with Crippen LogP contribution in [0.3, 0.4) is 0 Å². The lowest BCUT2D eigenvalue weighted by molar-refractivity contribution is -0.384. The maximum atomic E-state index is 13.1. The predicted molar refractivity (Wildman–Crippen MR) is 88.2 cm³/mol. The van der Waals surface area contributed by atoms with Crippen LogP contribution in [-0.4, -0.2) is 15.9 Å². The second kappa shape index (κ2) is 7.12. The third-order valence-electron chi connectivity index (χ3n) is 2.72. The van der Waals surface area contributed by atoms with Crippen LogP contribution in [0.5, 0.6) is 0 Å². The number of nitro groups is 1. The number of nitrogens with zero attached hydrogens (tertiary/aromatic N) is 1. The van der Waals surface area contributed by atoms with Gasteiger partial charge in [-0.25, -0.2) is 4.39 Å². The minimum Gasteiger partial charge on any atom is -0.332 e. The van der Waals surface area contributed by atoms with Gasteiger partial charge in [0.15, 0.2) is 5.11 Å². The van der Waals surface area contributed by atoms with Crippen LogP contribution >= 0.6 is 23.8 Å². The molecule has 0 aromatic heterocycles. The predicted octanol–water partition coefficient (Wildman–Crippen LogP) is 3.51. The minimum absolute atomic E-state index is 0.0517.